The van der Waals surface area contributed by atoms with Crippen LogP contribution in [0.1, 0.15) is 36.8 Å². The number of rotatable bonds is 7. The topological polar surface area (TPSA) is 106 Å². The summed E-state index contributed by atoms with van der Waals surface area (Å²) in [6, 6.07) is 9.60. The molecule has 1 heterocycles. The van der Waals surface area contributed by atoms with Crippen LogP contribution in [0.3, 0.4) is 0 Å². The van der Waals surface area contributed by atoms with Crippen molar-refractivity contribution in [2.75, 3.05) is 20.2 Å². The van der Waals surface area contributed by atoms with Gasteiger partial charge in [0.1, 0.15) is 0 Å². The molecule has 9 nitrogen and oxygen atoms in total. The van der Waals surface area contributed by atoms with Gasteiger partial charge in [-0.05, 0) is 26.3 Å². The summed E-state index contributed by atoms with van der Waals surface area (Å²) in [7, 11) is 1.47. The summed E-state index contributed by atoms with van der Waals surface area (Å²) >= 11 is 0. The monoisotopic (exact) mass is 387 g/mol. The molecule has 0 saturated carbocycles. The molecule has 0 bridgehead atoms. The lowest BCUT2D eigenvalue weighted by atomic mass is 10.1. The van der Waals surface area contributed by atoms with E-state index in [1.807, 2.05) is 51.1 Å². The van der Waals surface area contributed by atoms with Gasteiger partial charge in [-0.25, -0.2) is 9.48 Å². The first-order valence-electron chi connectivity index (χ1n) is 8.80. The number of carbonyl (C=O) groups excluding carboxylic acids is 3. The Morgan fingerprint density at radius 3 is 2.50 bits per heavy atom. The number of hydrogen-bond acceptors (Lipinski definition) is 6. The van der Waals surface area contributed by atoms with Crippen LogP contribution in [0.2, 0.25) is 0 Å². The number of benzene rings is 1. The van der Waals surface area contributed by atoms with E-state index in [4.69, 9.17) is 4.74 Å². The molecule has 0 aliphatic heterocycles. The second-order valence-corrected chi connectivity index (χ2v) is 7.41. The van der Waals surface area contributed by atoms with E-state index in [0.29, 0.717) is 6.54 Å². The van der Waals surface area contributed by atoms with Crippen LogP contribution in [0.25, 0.3) is 0 Å². The molecule has 0 aliphatic rings. The van der Waals surface area contributed by atoms with Crippen molar-refractivity contribution in [3.63, 3.8) is 0 Å². The molecular weight excluding hydrogens is 362 g/mol. The number of hydrogen-bond donors (Lipinski definition) is 1. The fourth-order valence-electron chi connectivity index (χ4n) is 2.31. The van der Waals surface area contributed by atoms with Gasteiger partial charge in [-0.1, -0.05) is 35.5 Å². The normalized spacial score (nSPS) is 11.0. The highest BCUT2D eigenvalue weighted by Crippen LogP contribution is 2.04. The average Bonchev–Trinajstić information content (AvgIpc) is 3.07. The third-order valence-electron chi connectivity index (χ3n) is 3.58. The van der Waals surface area contributed by atoms with E-state index in [1.165, 1.54) is 22.8 Å². The molecular formula is C19H25N5O4. The number of amides is 2. The summed E-state index contributed by atoms with van der Waals surface area (Å²) in [6.45, 7) is 5.40. The summed E-state index contributed by atoms with van der Waals surface area (Å²) < 4.78 is 6.49. The Labute approximate surface area is 163 Å². The molecule has 0 aliphatic carbocycles. The first kappa shape index (κ1) is 21.1. The van der Waals surface area contributed by atoms with Crippen molar-refractivity contribution in [3.05, 3.63) is 47.8 Å². The van der Waals surface area contributed by atoms with Crippen molar-refractivity contribution in [1.82, 2.24) is 25.2 Å². The number of carbonyl (C=O) groups is 3. The molecule has 0 spiro atoms. The van der Waals surface area contributed by atoms with Crippen molar-refractivity contribution in [3.8, 4) is 0 Å². The Morgan fingerprint density at radius 1 is 1.18 bits per heavy atom. The van der Waals surface area contributed by atoms with Crippen molar-refractivity contribution in [2.45, 2.75) is 32.9 Å². The third-order valence-corrected chi connectivity index (χ3v) is 3.58. The summed E-state index contributed by atoms with van der Waals surface area (Å²) in [6.07, 6.45) is 1.46. The zero-order chi connectivity index (χ0) is 20.7. The number of esters is 1. The van der Waals surface area contributed by atoms with Gasteiger partial charge in [-0.15, -0.1) is 5.10 Å². The first-order chi connectivity index (χ1) is 13.1. The van der Waals surface area contributed by atoms with Gasteiger partial charge in [0.25, 0.3) is 5.91 Å². The smallest absolute Gasteiger partial charge is 0.361 e. The molecule has 0 atom stereocenters. The Bertz CT molecular complexity index is 826. The summed E-state index contributed by atoms with van der Waals surface area (Å²) in [5, 5.41) is 10.4. The molecule has 9 heteroatoms. The maximum absolute atomic E-state index is 12.1. The zero-order valence-electron chi connectivity index (χ0n) is 16.5. The lowest BCUT2D eigenvalue weighted by Crippen LogP contribution is -2.46. The minimum atomic E-state index is -0.750. The van der Waals surface area contributed by atoms with Crippen molar-refractivity contribution < 1.29 is 19.1 Å². The average molecular weight is 387 g/mol. The highest BCUT2D eigenvalue weighted by atomic mass is 16.5. The van der Waals surface area contributed by atoms with Crippen LogP contribution in [0.5, 0.6) is 0 Å². The highest BCUT2D eigenvalue weighted by molar-refractivity contribution is 5.90. The van der Waals surface area contributed by atoms with E-state index in [-0.39, 0.29) is 23.7 Å². The number of ether oxygens (including phenoxy) is 1. The summed E-state index contributed by atoms with van der Waals surface area (Å²) in [5.74, 6) is -1.53. The van der Waals surface area contributed by atoms with E-state index in [1.54, 1.807) is 0 Å². The van der Waals surface area contributed by atoms with Crippen LogP contribution in [0, 0.1) is 0 Å². The van der Waals surface area contributed by atoms with Crippen LogP contribution in [-0.2, 0) is 20.9 Å². The lowest BCUT2D eigenvalue weighted by Gasteiger charge is -2.23. The van der Waals surface area contributed by atoms with Gasteiger partial charge in [-0.3, -0.25) is 9.59 Å². The van der Waals surface area contributed by atoms with Gasteiger partial charge in [0.15, 0.2) is 12.3 Å². The van der Waals surface area contributed by atoms with Crippen LogP contribution in [-0.4, -0.2) is 63.4 Å². The van der Waals surface area contributed by atoms with Gasteiger partial charge in [-0.2, -0.15) is 0 Å². The second-order valence-electron chi connectivity index (χ2n) is 7.41. The highest BCUT2D eigenvalue weighted by Gasteiger charge is 2.20. The van der Waals surface area contributed by atoms with E-state index in [2.05, 4.69) is 15.6 Å². The van der Waals surface area contributed by atoms with Crippen molar-refractivity contribution in [2.24, 2.45) is 0 Å². The molecule has 0 saturated heterocycles. The number of nitrogens with one attached hydrogen (secondary N) is 1. The molecule has 0 unspecified atom stereocenters. The Hall–Kier alpha value is -3.23. The molecule has 28 heavy (non-hydrogen) atoms. The van der Waals surface area contributed by atoms with E-state index < -0.39 is 18.5 Å². The van der Waals surface area contributed by atoms with Crippen LogP contribution in [0.15, 0.2) is 36.5 Å². The predicted octanol–water partition coefficient (Wildman–Crippen LogP) is 0.856. The van der Waals surface area contributed by atoms with Crippen LogP contribution in [0.4, 0.5) is 0 Å². The SMILES string of the molecule is CN(CC(=O)NC(C)(C)C)C(=O)COC(=O)c1cn(Cc2ccccc2)nn1. The van der Waals surface area contributed by atoms with Crippen molar-refractivity contribution >= 4 is 17.8 Å². The standard InChI is InChI=1S/C19H25N5O4/c1-19(2,3)20-16(25)12-23(4)17(26)13-28-18(27)15-11-24(22-21-15)10-14-8-6-5-7-9-14/h5-9,11H,10,12-13H2,1-4H3,(H,20,25). The summed E-state index contributed by atoms with van der Waals surface area (Å²) in [4.78, 5) is 37.2. The summed E-state index contributed by atoms with van der Waals surface area (Å²) in [5.41, 5.74) is 0.633. The maximum Gasteiger partial charge on any atom is 0.361 e. The van der Waals surface area contributed by atoms with Crippen LogP contribution >= 0.6 is 0 Å². The maximum atomic E-state index is 12.1. The third kappa shape index (κ3) is 6.82. The van der Waals surface area contributed by atoms with Crippen LogP contribution < -0.4 is 5.32 Å². The number of likely N-dealkylation sites (N-methyl/N-ethyl adjacent to an activating group) is 1. The van der Waals surface area contributed by atoms with Gasteiger partial charge >= 0.3 is 5.97 Å². The number of aromatic nitrogens is 3. The number of nitrogens with zero attached hydrogens (tertiary/aromatic N) is 4. The quantitative estimate of drug-likeness (QED) is 0.706. The van der Waals surface area contributed by atoms with E-state index in [9.17, 15) is 14.4 Å². The fraction of sp³-hybridized carbons (Fsp3) is 0.421. The van der Waals surface area contributed by atoms with E-state index >= 15 is 0 Å². The molecule has 2 rings (SSSR count). The van der Waals surface area contributed by atoms with Gasteiger partial charge in [0.05, 0.1) is 19.3 Å². The Morgan fingerprint density at radius 2 is 1.86 bits per heavy atom. The van der Waals surface area contributed by atoms with Gasteiger partial charge < -0.3 is 15.0 Å². The lowest BCUT2D eigenvalue weighted by molar-refractivity contribution is -0.137. The minimum absolute atomic E-state index is 0.0110. The second kappa shape index (κ2) is 9.12. The molecule has 0 radical (unpaired) electrons. The zero-order valence-corrected chi connectivity index (χ0v) is 16.5. The Kier molecular flexibility index (Phi) is 6.86. The minimum Gasteiger partial charge on any atom is -0.451 e. The Balaban J connectivity index is 1.81. The molecule has 1 aromatic heterocycles. The van der Waals surface area contributed by atoms with Crippen molar-refractivity contribution in [1.29, 1.82) is 0 Å². The molecule has 0 fully saturated rings. The first-order valence-corrected chi connectivity index (χ1v) is 8.80. The largest absolute Gasteiger partial charge is 0.451 e. The fourth-order valence-corrected chi connectivity index (χ4v) is 2.31. The van der Waals surface area contributed by atoms with E-state index in [0.717, 1.165) is 5.56 Å². The molecule has 2 aromatic rings. The van der Waals surface area contributed by atoms with Gasteiger partial charge in [0.2, 0.25) is 5.91 Å². The molecule has 150 valence electrons. The predicted molar refractivity (Wildman–Crippen MR) is 101 cm³/mol. The molecule has 1 aromatic carbocycles. The van der Waals surface area contributed by atoms with Gasteiger partial charge in [0, 0.05) is 12.6 Å². The molecule has 2 amide bonds. The molecule has 1 N–H and O–H groups in total.